The van der Waals surface area contributed by atoms with E-state index in [4.69, 9.17) is 4.74 Å². The van der Waals surface area contributed by atoms with E-state index in [9.17, 15) is 14.0 Å². The average molecular weight is 336 g/mol. The lowest BCUT2D eigenvalue weighted by atomic mass is 9.92. The number of rotatable bonds is 7. The predicted octanol–water partition coefficient (Wildman–Crippen LogP) is 1.71. The van der Waals surface area contributed by atoms with Crippen LogP contribution in [0.15, 0.2) is 30.3 Å². The van der Waals surface area contributed by atoms with E-state index in [-0.39, 0.29) is 31.8 Å². The topological polar surface area (TPSA) is 58.6 Å². The quantitative estimate of drug-likeness (QED) is 0.771. The molecule has 0 aromatic heterocycles. The molecule has 1 fully saturated rings. The molecular weight excluding hydrogens is 311 g/mol. The van der Waals surface area contributed by atoms with Gasteiger partial charge < -0.3 is 15.0 Å². The first-order chi connectivity index (χ1) is 11.5. The van der Waals surface area contributed by atoms with Gasteiger partial charge >= 0.3 is 0 Å². The summed E-state index contributed by atoms with van der Waals surface area (Å²) in [5.41, 5.74) is -0.774. The molecule has 1 aliphatic rings. The van der Waals surface area contributed by atoms with Crippen molar-refractivity contribution in [3.05, 3.63) is 35.9 Å². The van der Waals surface area contributed by atoms with E-state index in [1.54, 1.807) is 4.90 Å². The maximum Gasteiger partial charge on any atom is 0.257 e. The number of hydrogen-bond donors (Lipinski definition) is 1. The summed E-state index contributed by atoms with van der Waals surface area (Å²) in [4.78, 5) is 25.8. The minimum Gasteiger partial charge on any atom is -0.383 e. The summed E-state index contributed by atoms with van der Waals surface area (Å²) in [7, 11) is 1.52. The van der Waals surface area contributed by atoms with Crippen LogP contribution in [0.25, 0.3) is 0 Å². The van der Waals surface area contributed by atoms with Crippen molar-refractivity contribution in [2.45, 2.75) is 31.4 Å². The number of benzene rings is 1. The molecule has 2 rings (SSSR count). The number of likely N-dealkylation sites (tertiary alicyclic amines) is 1. The second-order valence-corrected chi connectivity index (χ2v) is 6.08. The Morgan fingerprint density at radius 1 is 1.25 bits per heavy atom. The highest BCUT2D eigenvalue weighted by Gasteiger charge is 2.42. The molecule has 0 unspecified atom stereocenters. The number of carbonyl (C=O) groups is 2. The van der Waals surface area contributed by atoms with Gasteiger partial charge in [-0.3, -0.25) is 9.59 Å². The van der Waals surface area contributed by atoms with Crippen LogP contribution in [0.5, 0.6) is 0 Å². The fourth-order valence-corrected chi connectivity index (χ4v) is 2.82. The maximum absolute atomic E-state index is 14.7. The summed E-state index contributed by atoms with van der Waals surface area (Å²) in [6, 6.07) is 9.80. The van der Waals surface area contributed by atoms with Gasteiger partial charge in [0.2, 0.25) is 5.91 Å². The zero-order chi connectivity index (χ0) is 17.4. The third-order valence-electron chi connectivity index (χ3n) is 4.38. The number of aryl methyl sites for hydroxylation is 1. The minimum absolute atomic E-state index is 0.0145. The highest BCUT2D eigenvalue weighted by atomic mass is 19.1. The van der Waals surface area contributed by atoms with E-state index >= 15 is 0 Å². The molecule has 24 heavy (non-hydrogen) atoms. The van der Waals surface area contributed by atoms with Crippen molar-refractivity contribution in [1.82, 2.24) is 10.2 Å². The highest BCUT2D eigenvalue weighted by molar-refractivity contribution is 5.85. The van der Waals surface area contributed by atoms with Crippen molar-refractivity contribution in [1.29, 1.82) is 0 Å². The molecule has 1 aromatic carbocycles. The van der Waals surface area contributed by atoms with Gasteiger partial charge in [0.1, 0.15) is 0 Å². The molecule has 5 nitrogen and oxygen atoms in total. The highest BCUT2D eigenvalue weighted by Crippen LogP contribution is 2.27. The van der Waals surface area contributed by atoms with Gasteiger partial charge in [-0.05, 0) is 12.0 Å². The number of carbonyl (C=O) groups excluding carboxylic acids is 2. The number of halogens is 1. The molecule has 0 spiro atoms. The van der Waals surface area contributed by atoms with Crippen molar-refractivity contribution in [3.63, 3.8) is 0 Å². The monoisotopic (exact) mass is 336 g/mol. The Labute approximate surface area is 142 Å². The molecular formula is C18H25FN2O3. The first kappa shape index (κ1) is 18.4. The molecule has 1 aliphatic heterocycles. The maximum atomic E-state index is 14.7. The SMILES string of the molecule is COCCNC(=O)C1(F)CCN(C(=O)CCc2ccccc2)CC1. The third-order valence-corrected chi connectivity index (χ3v) is 4.38. The number of nitrogens with one attached hydrogen (secondary N) is 1. The summed E-state index contributed by atoms with van der Waals surface area (Å²) in [6.45, 7) is 1.20. The zero-order valence-corrected chi connectivity index (χ0v) is 14.1. The van der Waals surface area contributed by atoms with E-state index in [1.165, 1.54) is 7.11 Å². The fourth-order valence-electron chi connectivity index (χ4n) is 2.82. The molecule has 1 heterocycles. The summed E-state index contributed by atoms with van der Waals surface area (Å²) in [5.74, 6) is -0.586. The number of piperidine rings is 1. The summed E-state index contributed by atoms with van der Waals surface area (Å²) < 4.78 is 19.5. The van der Waals surface area contributed by atoms with Crippen LogP contribution in [0, 0.1) is 0 Å². The molecule has 0 radical (unpaired) electrons. The van der Waals surface area contributed by atoms with Gasteiger partial charge in [0.25, 0.3) is 5.91 Å². The van der Waals surface area contributed by atoms with Crippen molar-refractivity contribution in [2.24, 2.45) is 0 Å². The van der Waals surface area contributed by atoms with Gasteiger partial charge in [0.05, 0.1) is 6.61 Å². The van der Waals surface area contributed by atoms with Gasteiger partial charge in [-0.25, -0.2) is 4.39 Å². The molecule has 6 heteroatoms. The number of ether oxygens (including phenoxy) is 1. The molecule has 0 aliphatic carbocycles. The number of alkyl halides is 1. The van der Waals surface area contributed by atoms with Crippen molar-refractivity contribution >= 4 is 11.8 Å². The van der Waals surface area contributed by atoms with Crippen molar-refractivity contribution in [2.75, 3.05) is 33.4 Å². The predicted molar refractivity (Wildman–Crippen MR) is 89.3 cm³/mol. The second-order valence-electron chi connectivity index (χ2n) is 6.08. The van der Waals surface area contributed by atoms with Crippen molar-refractivity contribution < 1.29 is 18.7 Å². The first-order valence-electron chi connectivity index (χ1n) is 8.33. The first-order valence-corrected chi connectivity index (χ1v) is 8.33. The lowest BCUT2D eigenvalue weighted by molar-refractivity contribution is -0.142. The second kappa shape index (κ2) is 8.78. The molecule has 2 amide bonds. The number of hydrogen-bond acceptors (Lipinski definition) is 3. The van der Waals surface area contributed by atoms with Gasteiger partial charge in [0.15, 0.2) is 5.67 Å². The van der Waals surface area contributed by atoms with E-state index < -0.39 is 11.6 Å². The average Bonchev–Trinajstić information content (AvgIpc) is 2.61. The lowest BCUT2D eigenvalue weighted by Gasteiger charge is -2.35. The Bertz CT molecular complexity index is 542. The van der Waals surface area contributed by atoms with Crippen LogP contribution in [0.1, 0.15) is 24.8 Å². The summed E-state index contributed by atoms with van der Waals surface area (Å²) in [5, 5.41) is 2.54. The van der Waals surface area contributed by atoms with Crippen LogP contribution in [0.2, 0.25) is 0 Å². The molecule has 1 aromatic rings. The molecule has 0 bridgehead atoms. The molecule has 0 atom stereocenters. The smallest absolute Gasteiger partial charge is 0.257 e. The largest absolute Gasteiger partial charge is 0.383 e. The Morgan fingerprint density at radius 3 is 2.54 bits per heavy atom. The molecule has 0 saturated carbocycles. The molecule has 132 valence electrons. The van der Waals surface area contributed by atoms with E-state index in [0.717, 1.165) is 5.56 Å². The number of methoxy groups -OCH3 is 1. The van der Waals surface area contributed by atoms with Gasteiger partial charge in [-0.1, -0.05) is 30.3 Å². The Balaban J connectivity index is 1.76. The Morgan fingerprint density at radius 2 is 1.92 bits per heavy atom. The Kier molecular flexibility index (Phi) is 6.73. The zero-order valence-electron chi connectivity index (χ0n) is 14.1. The van der Waals surface area contributed by atoms with Crippen LogP contribution in [0.4, 0.5) is 4.39 Å². The van der Waals surface area contributed by atoms with Gasteiger partial charge in [-0.2, -0.15) is 0 Å². The van der Waals surface area contributed by atoms with E-state index in [0.29, 0.717) is 26.0 Å². The van der Waals surface area contributed by atoms with E-state index in [1.807, 2.05) is 30.3 Å². The van der Waals surface area contributed by atoms with Crippen LogP contribution < -0.4 is 5.32 Å². The molecule has 1 N–H and O–H groups in total. The number of amides is 2. The molecule has 1 saturated heterocycles. The lowest BCUT2D eigenvalue weighted by Crippen LogP contribution is -2.52. The van der Waals surface area contributed by atoms with Crippen molar-refractivity contribution in [3.8, 4) is 0 Å². The normalized spacial score (nSPS) is 16.7. The van der Waals surface area contributed by atoms with E-state index in [2.05, 4.69) is 5.32 Å². The standard InChI is InChI=1S/C18H25FN2O3/c1-24-14-11-20-17(23)18(19)9-12-21(13-10-18)16(22)8-7-15-5-3-2-4-6-15/h2-6H,7-14H2,1H3,(H,20,23). The minimum atomic E-state index is -1.88. The third kappa shape index (κ3) is 5.03. The van der Waals surface area contributed by atoms with Gasteiger partial charge in [0, 0.05) is 46.0 Å². The van der Waals surface area contributed by atoms with Crippen LogP contribution in [-0.2, 0) is 20.7 Å². The summed E-state index contributed by atoms with van der Waals surface area (Å²) in [6.07, 6.45) is 1.17. The van der Waals surface area contributed by atoms with Crippen LogP contribution >= 0.6 is 0 Å². The Hall–Kier alpha value is -1.95. The summed E-state index contributed by atoms with van der Waals surface area (Å²) >= 11 is 0. The fraction of sp³-hybridized carbons (Fsp3) is 0.556. The number of nitrogens with zero attached hydrogens (tertiary/aromatic N) is 1. The van der Waals surface area contributed by atoms with Gasteiger partial charge in [-0.15, -0.1) is 0 Å². The van der Waals surface area contributed by atoms with Crippen LogP contribution in [0.3, 0.4) is 0 Å². The van der Waals surface area contributed by atoms with Crippen LogP contribution in [-0.4, -0.2) is 55.7 Å².